The Balaban J connectivity index is 1.57. The largest absolute Gasteiger partial charge is 0.396 e. The molecule has 3 aromatic rings. The molecule has 1 unspecified atom stereocenters. The molecule has 1 aromatic heterocycles. The number of aliphatic hydroxyl groups excluding tert-OH is 1. The van der Waals surface area contributed by atoms with Gasteiger partial charge in [0, 0.05) is 31.5 Å². The van der Waals surface area contributed by atoms with Gasteiger partial charge in [-0.15, -0.1) is 0 Å². The van der Waals surface area contributed by atoms with Crippen LogP contribution in [-0.2, 0) is 6.54 Å². The first-order chi connectivity index (χ1) is 12.3. The summed E-state index contributed by atoms with van der Waals surface area (Å²) < 4.78 is 14.7. The molecule has 0 radical (unpaired) electrons. The van der Waals surface area contributed by atoms with Crippen LogP contribution in [0.4, 0.5) is 4.39 Å². The number of halogens is 1. The fraction of sp³-hybridized carbons (Fsp3) is 0.250. The Morgan fingerprint density at radius 2 is 1.84 bits per heavy atom. The third-order valence-electron chi connectivity index (χ3n) is 4.20. The van der Waals surface area contributed by atoms with Gasteiger partial charge in [-0.1, -0.05) is 30.3 Å². The quantitative estimate of drug-likeness (QED) is 0.662. The summed E-state index contributed by atoms with van der Waals surface area (Å²) in [7, 11) is 0. The van der Waals surface area contributed by atoms with Crippen molar-refractivity contribution in [2.75, 3.05) is 13.2 Å². The number of nitrogens with zero attached hydrogens (tertiary/aromatic N) is 2. The summed E-state index contributed by atoms with van der Waals surface area (Å²) in [6, 6.07) is 16.5. The number of hydrogen-bond acceptors (Lipinski definition) is 3. The Bertz CT molecular complexity index is 771. The maximum atomic E-state index is 13.0. The van der Waals surface area contributed by atoms with Crippen molar-refractivity contribution < 1.29 is 9.50 Å². The molecule has 2 N–H and O–H groups in total. The van der Waals surface area contributed by atoms with Gasteiger partial charge in [0.15, 0.2) is 0 Å². The molecule has 1 atom stereocenters. The van der Waals surface area contributed by atoms with Crippen LogP contribution in [0, 0.1) is 5.82 Å². The van der Waals surface area contributed by atoms with Crippen LogP contribution in [0.2, 0.25) is 0 Å². The van der Waals surface area contributed by atoms with Crippen LogP contribution < -0.4 is 5.32 Å². The molecule has 0 bridgehead atoms. The van der Waals surface area contributed by atoms with Gasteiger partial charge in [0.25, 0.3) is 0 Å². The zero-order valence-corrected chi connectivity index (χ0v) is 14.0. The standard InChI is InChI=1S/C20H22FN3O/c21-19-6-8-20(9-7-19)24-15-16(13-23-24)12-22-14-18(10-11-25)17-4-2-1-3-5-17/h1-9,13,15,18,22,25H,10-12,14H2. The van der Waals surface area contributed by atoms with Crippen molar-refractivity contribution in [3.05, 3.63) is 83.9 Å². The van der Waals surface area contributed by atoms with Gasteiger partial charge in [-0.2, -0.15) is 5.10 Å². The number of rotatable bonds is 8. The highest BCUT2D eigenvalue weighted by Crippen LogP contribution is 2.18. The van der Waals surface area contributed by atoms with Crippen molar-refractivity contribution in [2.24, 2.45) is 0 Å². The number of benzene rings is 2. The summed E-state index contributed by atoms with van der Waals surface area (Å²) in [6.07, 6.45) is 4.47. The van der Waals surface area contributed by atoms with Crippen LogP contribution in [0.25, 0.3) is 5.69 Å². The molecule has 5 heteroatoms. The van der Waals surface area contributed by atoms with Gasteiger partial charge in [0.2, 0.25) is 0 Å². The van der Waals surface area contributed by atoms with Crippen LogP contribution in [0.1, 0.15) is 23.5 Å². The minimum Gasteiger partial charge on any atom is -0.396 e. The second-order valence-electron chi connectivity index (χ2n) is 6.02. The van der Waals surface area contributed by atoms with E-state index in [0.29, 0.717) is 6.54 Å². The molecule has 0 amide bonds. The van der Waals surface area contributed by atoms with Gasteiger partial charge in [0.05, 0.1) is 11.9 Å². The summed E-state index contributed by atoms with van der Waals surface area (Å²) in [5.41, 5.74) is 3.11. The molecule has 1 heterocycles. The second-order valence-corrected chi connectivity index (χ2v) is 6.02. The van der Waals surface area contributed by atoms with E-state index in [4.69, 9.17) is 0 Å². The topological polar surface area (TPSA) is 50.1 Å². The van der Waals surface area contributed by atoms with Crippen LogP contribution in [0.5, 0.6) is 0 Å². The van der Waals surface area contributed by atoms with Gasteiger partial charge in [0.1, 0.15) is 5.82 Å². The van der Waals surface area contributed by atoms with Gasteiger partial charge >= 0.3 is 0 Å². The van der Waals surface area contributed by atoms with Crippen LogP contribution >= 0.6 is 0 Å². The maximum Gasteiger partial charge on any atom is 0.123 e. The van der Waals surface area contributed by atoms with E-state index in [9.17, 15) is 9.50 Å². The van der Waals surface area contributed by atoms with E-state index in [2.05, 4.69) is 22.5 Å². The molecular weight excluding hydrogens is 317 g/mol. The average Bonchev–Trinajstić information content (AvgIpc) is 3.11. The minimum atomic E-state index is -0.256. The average molecular weight is 339 g/mol. The lowest BCUT2D eigenvalue weighted by atomic mass is 9.96. The molecule has 2 aromatic carbocycles. The third-order valence-corrected chi connectivity index (χ3v) is 4.20. The van der Waals surface area contributed by atoms with Crippen molar-refractivity contribution in [3.8, 4) is 5.69 Å². The zero-order valence-electron chi connectivity index (χ0n) is 14.0. The van der Waals surface area contributed by atoms with Crippen molar-refractivity contribution in [2.45, 2.75) is 18.9 Å². The van der Waals surface area contributed by atoms with E-state index >= 15 is 0 Å². The fourth-order valence-corrected chi connectivity index (χ4v) is 2.84. The number of nitrogens with one attached hydrogen (secondary N) is 1. The molecule has 0 aliphatic carbocycles. The molecule has 0 fully saturated rings. The van der Waals surface area contributed by atoms with E-state index in [1.54, 1.807) is 23.0 Å². The molecule has 4 nitrogen and oxygen atoms in total. The Morgan fingerprint density at radius 1 is 1.08 bits per heavy atom. The minimum absolute atomic E-state index is 0.170. The third kappa shape index (κ3) is 4.75. The summed E-state index contributed by atoms with van der Waals surface area (Å²) in [6.45, 7) is 1.64. The molecule has 3 rings (SSSR count). The first-order valence-electron chi connectivity index (χ1n) is 8.42. The predicted molar refractivity (Wildman–Crippen MR) is 96.1 cm³/mol. The fourth-order valence-electron chi connectivity index (χ4n) is 2.84. The molecule has 0 saturated carbocycles. The van der Waals surface area contributed by atoms with Crippen molar-refractivity contribution in [3.63, 3.8) is 0 Å². The normalized spacial score (nSPS) is 12.2. The lowest BCUT2D eigenvalue weighted by Crippen LogP contribution is -2.22. The monoisotopic (exact) mass is 339 g/mol. The second kappa shape index (κ2) is 8.55. The highest BCUT2D eigenvalue weighted by Gasteiger charge is 2.10. The Morgan fingerprint density at radius 3 is 2.56 bits per heavy atom. The van der Waals surface area contributed by atoms with Gasteiger partial charge in [-0.25, -0.2) is 9.07 Å². The van der Waals surface area contributed by atoms with Crippen LogP contribution in [0.15, 0.2) is 67.0 Å². The Labute approximate surface area is 146 Å². The molecule has 0 spiro atoms. The van der Waals surface area contributed by atoms with Crippen molar-refractivity contribution in [1.29, 1.82) is 0 Å². The summed E-state index contributed by atoms with van der Waals surface area (Å²) in [4.78, 5) is 0. The van der Waals surface area contributed by atoms with Crippen molar-refractivity contribution >= 4 is 0 Å². The van der Waals surface area contributed by atoms with E-state index in [-0.39, 0.29) is 18.3 Å². The summed E-state index contributed by atoms with van der Waals surface area (Å²) >= 11 is 0. The zero-order chi connectivity index (χ0) is 17.5. The van der Waals surface area contributed by atoms with E-state index in [0.717, 1.165) is 24.2 Å². The first kappa shape index (κ1) is 17.3. The lowest BCUT2D eigenvalue weighted by Gasteiger charge is -2.16. The van der Waals surface area contributed by atoms with Crippen molar-refractivity contribution in [1.82, 2.24) is 15.1 Å². The van der Waals surface area contributed by atoms with Gasteiger partial charge < -0.3 is 10.4 Å². The van der Waals surface area contributed by atoms with Crippen LogP contribution in [-0.4, -0.2) is 28.0 Å². The van der Waals surface area contributed by atoms with E-state index in [1.807, 2.05) is 24.4 Å². The van der Waals surface area contributed by atoms with E-state index < -0.39 is 0 Å². The van der Waals surface area contributed by atoms with E-state index in [1.165, 1.54) is 17.7 Å². The molecule has 25 heavy (non-hydrogen) atoms. The number of aromatic nitrogens is 2. The predicted octanol–water partition coefficient (Wildman–Crippen LogP) is 3.27. The molecular formula is C20H22FN3O. The molecule has 0 aliphatic rings. The molecule has 130 valence electrons. The highest BCUT2D eigenvalue weighted by molar-refractivity contribution is 5.31. The molecule has 0 aliphatic heterocycles. The summed E-state index contributed by atoms with van der Waals surface area (Å²) in [5, 5.41) is 17.1. The molecule has 0 saturated heterocycles. The highest BCUT2D eigenvalue weighted by atomic mass is 19.1. The van der Waals surface area contributed by atoms with Crippen LogP contribution in [0.3, 0.4) is 0 Å². The maximum absolute atomic E-state index is 13.0. The Kier molecular flexibility index (Phi) is 5.93. The smallest absolute Gasteiger partial charge is 0.123 e. The SMILES string of the molecule is OCCC(CNCc1cnn(-c2ccc(F)cc2)c1)c1ccccc1. The number of aliphatic hydroxyl groups is 1. The van der Waals surface area contributed by atoms with Gasteiger partial charge in [-0.3, -0.25) is 0 Å². The Hall–Kier alpha value is -2.50. The lowest BCUT2D eigenvalue weighted by molar-refractivity contribution is 0.273. The number of hydrogen-bond donors (Lipinski definition) is 2. The summed E-state index contributed by atoms with van der Waals surface area (Å²) in [5.74, 6) is 0.0203. The van der Waals surface area contributed by atoms with Gasteiger partial charge in [-0.05, 0) is 42.2 Å². The first-order valence-corrected chi connectivity index (χ1v) is 8.42.